The fourth-order valence-corrected chi connectivity index (χ4v) is 1.71. The molecule has 1 aromatic carbocycles. The highest BCUT2D eigenvalue weighted by molar-refractivity contribution is 7.99. The van der Waals surface area contributed by atoms with E-state index < -0.39 is 4.92 Å². The summed E-state index contributed by atoms with van der Waals surface area (Å²) in [7, 11) is 0. The van der Waals surface area contributed by atoms with E-state index in [-0.39, 0.29) is 12.3 Å². The van der Waals surface area contributed by atoms with Crippen LogP contribution in [0.15, 0.2) is 23.1 Å². The highest BCUT2D eigenvalue weighted by Crippen LogP contribution is 2.30. The summed E-state index contributed by atoms with van der Waals surface area (Å²) in [6, 6.07) is 4.51. The Morgan fingerprint density at radius 1 is 1.57 bits per heavy atom. The molecule has 1 rings (SSSR count). The van der Waals surface area contributed by atoms with E-state index in [0.29, 0.717) is 16.3 Å². The van der Waals surface area contributed by atoms with Crippen LogP contribution < -0.4 is 5.73 Å². The molecule has 5 nitrogen and oxygen atoms in total. The minimum atomic E-state index is -0.476. The van der Waals surface area contributed by atoms with Gasteiger partial charge < -0.3 is 10.8 Å². The molecule has 6 heteroatoms. The van der Waals surface area contributed by atoms with E-state index in [2.05, 4.69) is 0 Å². The zero-order chi connectivity index (χ0) is 10.6. The number of benzene rings is 1. The predicted molar refractivity (Wildman–Crippen MR) is 55.3 cm³/mol. The summed E-state index contributed by atoms with van der Waals surface area (Å²) < 4.78 is 0. The summed E-state index contributed by atoms with van der Waals surface area (Å²) in [5.74, 6) is 0.435. The Morgan fingerprint density at radius 3 is 2.86 bits per heavy atom. The molecule has 3 N–H and O–H groups in total. The quantitative estimate of drug-likeness (QED) is 0.341. The van der Waals surface area contributed by atoms with Gasteiger partial charge in [0.05, 0.1) is 16.4 Å². The van der Waals surface area contributed by atoms with E-state index in [1.54, 1.807) is 12.1 Å². The first-order chi connectivity index (χ1) is 6.65. The topological polar surface area (TPSA) is 89.4 Å². The van der Waals surface area contributed by atoms with Crippen LogP contribution in [0.2, 0.25) is 0 Å². The molecule has 0 aromatic heterocycles. The second-order valence-electron chi connectivity index (χ2n) is 2.56. The number of nitrogens with two attached hydrogens (primary N) is 1. The van der Waals surface area contributed by atoms with E-state index >= 15 is 0 Å². The average Bonchev–Trinajstić information content (AvgIpc) is 2.15. The van der Waals surface area contributed by atoms with Gasteiger partial charge in [0.25, 0.3) is 5.69 Å². The van der Waals surface area contributed by atoms with E-state index in [9.17, 15) is 10.1 Å². The maximum Gasteiger partial charge on any atom is 0.284 e. The Labute approximate surface area is 85.1 Å². The Balaban J connectivity index is 2.96. The third-order valence-corrected chi connectivity index (χ3v) is 2.57. The highest BCUT2D eigenvalue weighted by Gasteiger charge is 2.13. The Hall–Kier alpha value is -1.27. The van der Waals surface area contributed by atoms with Crippen LogP contribution in [0.4, 0.5) is 11.4 Å². The van der Waals surface area contributed by atoms with Gasteiger partial charge in [-0.15, -0.1) is 11.8 Å². The second kappa shape index (κ2) is 4.83. The lowest BCUT2D eigenvalue weighted by molar-refractivity contribution is -0.387. The summed E-state index contributed by atoms with van der Waals surface area (Å²) in [4.78, 5) is 10.7. The van der Waals surface area contributed by atoms with Crippen LogP contribution >= 0.6 is 11.8 Å². The number of hydrogen-bond acceptors (Lipinski definition) is 5. The third-order valence-electron chi connectivity index (χ3n) is 1.53. The highest BCUT2D eigenvalue weighted by atomic mass is 32.2. The molecule has 1 aromatic rings. The van der Waals surface area contributed by atoms with Crippen LogP contribution in [0.1, 0.15) is 0 Å². The molecule has 0 bridgehead atoms. The first-order valence-electron chi connectivity index (χ1n) is 3.92. The number of anilines is 1. The summed E-state index contributed by atoms with van der Waals surface area (Å²) in [5.41, 5.74) is 5.79. The third kappa shape index (κ3) is 2.61. The Kier molecular flexibility index (Phi) is 3.73. The molecule has 0 saturated carbocycles. The van der Waals surface area contributed by atoms with Crippen LogP contribution in [0, 0.1) is 10.1 Å². The van der Waals surface area contributed by atoms with Crippen molar-refractivity contribution in [3.63, 3.8) is 0 Å². The molecule has 0 fully saturated rings. The van der Waals surface area contributed by atoms with Crippen LogP contribution in [0.3, 0.4) is 0 Å². The van der Waals surface area contributed by atoms with E-state index in [4.69, 9.17) is 10.8 Å². The largest absolute Gasteiger partial charge is 0.399 e. The number of hydrogen-bond donors (Lipinski definition) is 2. The SMILES string of the molecule is Nc1ccc(SCCO)c([N+](=O)[O-])c1. The van der Waals surface area contributed by atoms with Gasteiger partial charge in [0.1, 0.15) is 0 Å². The van der Waals surface area contributed by atoms with Crippen molar-refractivity contribution in [2.75, 3.05) is 18.1 Å². The standard InChI is InChI=1S/C8H10N2O3S/c9-6-1-2-8(14-4-3-11)7(5-6)10(12)13/h1-2,5,11H,3-4,9H2. The van der Waals surface area contributed by atoms with Crippen LogP contribution in [0.25, 0.3) is 0 Å². The number of nitro benzene ring substituents is 1. The molecule has 0 amide bonds. The molecule has 0 aliphatic carbocycles. The molecule has 0 atom stereocenters. The van der Waals surface area contributed by atoms with Crippen molar-refractivity contribution in [1.29, 1.82) is 0 Å². The zero-order valence-electron chi connectivity index (χ0n) is 7.34. The van der Waals surface area contributed by atoms with Crippen LogP contribution in [0.5, 0.6) is 0 Å². The minimum Gasteiger partial charge on any atom is -0.399 e. The lowest BCUT2D eigenvalue weighted by atomic mass is 10.3. The fraction of sp³-hybridized carbons (Fsp3) is 0.250. The van der Waals surface area contributed by atoms with Gasteiger partial charge >= 0.3 is 0 Å². The molecule has 0 radical (unpaired) electrons. The van der Waals surface area contributed by atoms with Gasteiger partial charge in [0, 0.05) is 17.5 Å². The Morgan fingerprint density at radius 2 is 2.29 bits per heavy atom. The molecular weight excluding hydrogens is 204 g/mol. The molecule has 0 aliphatic rings. The smallest absolute Gasteiger partial charge is 0.284 e. The maximum atomic E-state index is 10.6. The van der Waals surface area contributed by atoms with Crippen molar-refractivity contribution < 1.29 is 10.0 Å². The number of nitro groups is 1. The van der Waals surface area contributed by atoms with Gasteiger partial charge in [0.2, 0.25) is 0 Å². The van der Waals surface area contributed by atoms with E-state index in [1.165, 1.54) is 17.8 Å². The van der Waals surface area contributed by atoms with Crippen molar-refractivity contribution in [3.8, 4) is 0 Å². The molecule has 14 heavy (non-hydrogen) atoms. The molecule has 0 unspecified atom stereocenters. The normalized spacial score (nSPS) is 10.1. The number of nitrogens with zero attached hydrogens (tertiary/aromatic N) is 1. The van der Waals surface area contributed by atoms with Crippen molar-refractivity contribution in [1.82, 2.24) is 0 Å². The molecule has 76 valence electrons. The van der Waals surface area contributed by atoms with Gasteiger partial charge in [0.15, 0.2) is 0 Å². The second-order valence-corrected chi connectivity index (χ2v) is 3.69. The number of nitrogen functional groups attached to an aromatic ring is 1. The first-order valence-corrected chi connectivity index (χ1v) is 4.91. The van der Waals surface area contributed by atoms with Gasteiger partial charge in [-0.25, -0.2) is 0 Å². The van der Waals surface area contributed by atoms with Gasteiger partial charge in [-0.05, 0) is 12.1 Å². The molecule has 0 heterocycles. The van der Waals surface area contributed by atoms with Crippen molar-refractivity contribution in [2.45, 2.75) is 4.90 Å². The summed E-state index contributed by atoms with van der Waals surface area (Å²) in [6.07, 6.45) is 0. The summed E-state index contributed by atoms with van der Waals surface area (Å²) in [6.45, 7) is -0.00774. The molecule has 0 spiro atoms. The summed E-state index contributed by atoms with van der Waals surface area (Å²) >= 11 is 1.24. The van der Waals surface area contributed by atoms with Gasteiger partial charge in [-0.1, -0.05) is 0 Å². The number of thioether (sulfide) groups is 1. The van der Waals surface area contributed by atoms with Crippen molar-refractivity contribution in [2.24, 2.45) is 0 Å². The molecular formula is C8H10N2O3S. The number of aliphatic hydroxyl groups is 1. The minimum absolute atomic E-state index is 0.00774. The van der Waals surface area contributed by atoms with E-state index in [0.717, 1.165) is 0 Å². The van der Waals surface area contributed by atoms with Crippen LogP contribution in [-0.2, 0) is 0 Å². The monoisotopic (exact) mass is 214 g/mol. The van der Waals surface area contributed by atoms with Gasteiger partial charge in [-0.2, -0.15) is 0 Å². The van der Waals surface area contributed by atoms with E-state index in [1.807, 2.05) is 0 Å². The predicted octanol–water partition coefficient (Wildman–Crippen LogP) is 1.26. The molecule has 0 aliphatic heterocycles. The average molecular weight is 214 g/mol. The fourth-order valence-electron chi connectivity index (χ4n) is 0.955. The maximum absolute atomic E-state index is 10.6. The number of aliphatic hydroxyl groups excluding tert-OH is 1. The molecule has 0 saturated heterocycles. The van der Waals surface area contributed by atoms with Crippen LogP contribution in [-0.4, -0.2) is 22.4 Å². The van der Waals surface area contributed by atoms with Crippen molar-refractivity contribution in [3.05, 3.63) is 28.3 Å². The van der Waals surface area contributed by atoms with Crippen molar-refractivity contribution >= 4 is 23.1 Å². The lowest BCUT2D eigenvalue weighted by Gasteiger charge is -2.01. The zero-order valence-corrected chi connectivity index (χ0v) is 8.16. The first kappa shape index (κ1) is 10.8. The van der Waals surface area contributed by atoms with Gasteiger partial charge in [-0.3, -0.25) is 10.1 Å². The summed E-state index contributed by atoms with van der Waals surface area (Å²) in [5, 5.41) is 19.2. The number of rotatable bonds is 4. The Bertz CT molecular complexity index is 343. The lowest BCUT2D eigenvalue weighted by Crippen LogP contribution is -1.95.